The van der Waals surface area contributed by atoms with Crippen LogP contribution in [0.1, 0.15) is 0 Å². The van der Waals surface area contributed by atoms with Gasteiger partial charge in [-0.1, -0.05) is 0 Å². The Balaban J connectivity index is 9.33. The summed E-state index contributed by atoms with van der Waals surface area (Å²) in [5.74, 6) is 0. The molecule has 0 unspecified atom stereocenters. The Morgan fingerprint density at radius 3 is 0.727 bits per heavy atom. The van der Waals surface area contributed by atoms with Crippen LogP contribution in [-0.2, 0) is 33.6 Å². The van der Waals surface area contributed by atoms with Gasteiger partial charge in [-0.15, -0.1) is 0 Å². The molecule has 0 saturated carbocycles. The number of hydrogen-bond acceptors (Lipinski definition) is 5. The van der Waals surface area contributed by atoms with Crippen molar-refractivity contribution < 1.29 is 33.6 Å². The minimum absolute atomic E-state index is 0.725. The van der Waals surface area contributed by atoms with E-state index >= 15 is 0 Å². The average molecular weight is 196 g/mol. The second-order valence-corrected chi connectivity index (χ2v) is 5.13. The quantitative estimate of drug-likeness (QED) is 0.418. The Labute approximate surface area is 58.1 Å². The summed E-state index contributed by atoms with van der Waals surface area (Å²) in [5.41, 5.74) is 0. The molecule has 0 aliphatic carbocycles. The first-order chi connectivity index (χ1) is 5.12. The normalized spacial score (nSPS) is 9.55. The summed E-state index contributed by atoms with van der Waals surface area (Å²) in [4.78, 5) is 53.4. The first kappa shape index (κ1) is 9.42. The molecule has 0 aromatic heterocycles. The monoisotopic (exact) mass is 196 g/mol. The third-order valence-corrected chi connectivity index (χ3v) is 2.98. The van der Waals surface area contributed by atoms with Crippen molar-refractivity contribution in [3.05, 3.63) is 0 Å². The van der Waals surface area contributed by atoms with Gasteiger partial charge in [0.25, 0.3) is 0 Å². The summed E-state index contributed by atoms with van der Waals surface area (Å²) in [5, 5.41) is 0. The zero-order chi connectivity index (χ0) is 8.98. The van der Waals surface area contributed by atoms with Crippen molar-refractivity contribution in [2.24, 2.45) is 0 Å². The zero-order valence-electron chi connectivity index (χ0n) is 4.89. The molecule has 11 heavy (non-hydrogen) atoms. The molecule has 0 atom stereocenters. The summed E-state index contributed by atoms with van der Waals surface area (Å²) < 4.78 is 0. The van der Waals surface area contributed by atoms with Gasteiger partial charge in [0.2, 0.25) is 0 Å². The van der Waals surface area contributed by atoms with Crippen molar-refractivity contribution in [2.75, 3.05) is 0 Å². The minimum atomic E-state index is -5.33. The van der Waals surface area contributed by atoms with Crippen LogP contribution in [0.15, 0.2) is 0 Å². The van der Waals surface area contributed by atoms with Gasteiger partial charge in [-0.25, -0.2) is 0 Å². The second kappa shape index (κ2) is 2.57. The Morgan fingerprint density at radius 1 is 0.545 bits per heavy atom. The maximum absolute atomic E-state index is 9.96. The number of hydrogen-bond donors (Lipinski definition) is 0. The standard InChI is InChI=1S/5CO.Fe/c5*1-2;. The Kier molecular flexibility index (Phi) is 2.20. The Bertz CT molecular complexity index is 550. The molecular weight excluding hydrogens is 196 g/mol. The third kappa shape index (κ3) is 1.02. The average Bonchev–Trinajstić information content (AvgIpc) is 2.12. The van der Waals surface area contributed by atoms with Crippen LogP contribution in [0.3, 0.4) is 0 Å². The zero-order valence-corrected chi connectivity index (χ0v) is 6.00. The molecule has 5 nitrogen and oxygen atoms in total. The van der Waals surface area contributed by atoms with Crippen LogP contribution >= 0.6 is 0 Å². The summed E-state index contributed by atoms with van der Waals surface area (Å²) >= 11 is 0. The Morgan fingerprint density at radius 2 is 0.727 bits per heavy atom. The van der Waals surface area contributed by atoms with E-state index in [9.17, 15) is 24.0 Å². The molecule has 0 bridgehead atoms. The van der Waals surface area contributed by atoms with Gasteiger partial charge in [0.1, 0.15) is 0 Å². The van der Waals surface area contributed by atoms with E-state index in [1.807, 2.05) is 0 Å². The molecular formula is C5FeO5. The predicted molar refractivity (Wildman–Crippen MR) is 28.5 cm³/mol. The van der Waals surface area contributed by atoms with Gasteiger partial charge in [0, 0.05) is 0 Å². The molecule has 0 heterocycles. The summed E-state index contributed by atoms with van der Waals surface area (Å²) in [6.07, 6.45) is 0. The molecule has 0 N–H and O–H groups in total. The summed E-state index contributed by atoms with van der Waals surface area (Å²) in [6, 6.07) is 0. The van der Waals surface area contributed by atoms with Crippen molar-refractivity contribution in [3.8, 4) is 0 Å². The molecule has 0 aliphatic rings. The van der Waals surface area contributed by atoms with E-state index in [1.54, 1.807) is 0 Å². The van der Waals surface area contributed by atoms with Crippen LogP contribution in [0.25, 0.3) is 0 Å². The van der Waals surface area contributed by atoms with Gasteiger partial charge < -0.3 is 0 Å². The van der Waals surface area contributed by atoms with Crippen molar-refractivity contribution in [1.82, 2.24) is 0 Å². The van der Waals surface area contributed by atoms with Crippen molar-refractivity contribution in [2.45, 2.75) is 0 Å². The molecule has 6 heteroatoms. The van der Waals surface area contributed by atoms with Crippen LogP contribution in [-0.4, -0.2) is 23.9 Å². The number of rotatable bonds is 0. The van der Waals surface area contributed by atoms with Crippen LogP contribution in [0.4, 0.5) is 0 Å². The molecule has 0 saturated heterocycles. The van der Waals surface area contributed by atoms with Gasteiger partial charge in [0.15, 0.2) is 0 Å². The van der Waals surface area contributed by atoms with E-state index in [2.05, 4.69) is 0 Å². The summed E-state index contributed by atoms with van der Waals surface area (Å²) in [7, 11) is -5.33. The fourth-order valence-corrected chi connectivity index (χ4v) is 0.607. The van der Waals surface area contributed by atoms with Crippen LogP contribution in [0.2, 0.25) is 0 Å². The number of carbonyl (C=O) groups excluding carboxylic acids is 5. The van der Waals surface area contributed by atoms with Gasteiger partial charge in [0.05, 0.1) is 0 Å². The molecule has 0 radical (unpaired) electrons. The SMILES string of the molecule is O=[C]=[Fe](=[C]=O)(=[C]=O)(=[C]=O)=[C]=O. The van der Waals surface area contributed by atoms with Gasteiger partial charge in [-0.05, 0) is 0 Å². The topological polar surface area (TPSA) is 85.3 Å². The molecule has 0 amide bonds. The van der Waals surface area contributed by atoms with E-state index in [-0.39, 0.29) is 0 Å². The van der Waals surface area contributed by atoms with Gasteiger partial charge in [-0.3, -0.25) is 0 Å². The first-order valence-electron chi connectivity index (χ1n) is 1.90. The van der Waals surface area contributed by atoms with E-state index < -0.39 is 9.60 Å². The molecule has 0 spiro atoms. The van der Waals surface area contributed by atoms with E-state index in [1.165, 1.54) is 0 Å². The summed E-state index contributed by atoms with van der Waals surface area (Å²) in [6.45, 7) is 0. The fraction of sp³-hybridized carbons (Fsp3) is 0. The van der Waals surface area contributed by atoms with Crippen LogP contribution in [0.5, 0.6) is 0 Å². The third-order valence-electron chi connectivity index (χ3n) is 0.722. The maximum atomic E-state index is 9.96. The first-order valence-corrected chi connectivity index (χ1v) is 4.66. The molecule has 0 rings (SSSR count). The van der Waals surface area contributed by atoms with E-state index in [0.717, 1.165) is 23.9 Å². The van der Waals surface area contributed by atoms with Crippen LogP contribution < -0.4 is 0 Å². The van der Waals surface area contributed by atoms with Crippen LogP contribution in [0, 0.1) is 0 Å². The van der Waals surface area contributed by atoms with Crippen molar-refractivity contribution in [1.29, 1.82) is 0 Å². The Hall–Kier alpha value is -1.58. The molecule has 0 aromatic rings. The van der Waals surface area contributed by atoms with E-state index in [0.29, 0.717) is 0 Å². The molecule has 0 aliphatic heterocycles. The van der Waals surface area contributed by atoms with Gasteiger partial charge in [-0.2, -0.15) is 0 Å². The molecule has 0 aromatic carbocycles. The van der Waals surface area contributed by atoms with Crippen molar-refractivity contribution in [3.63, 3.8) is 0 Å². The van der Waals surface area contributed by atoms with Crippen molar-refractivity contribution >= 4 is 23.9 Å². The molecule has 0 fully saturated rings. The van der Waals surface area contributed by atoms with Gasteiger partial charge >= 0.3 is 57.5 Å². The second-order valence-electron chi connectivity index (χ2n) is 1.24. The van der Waals surface area contributed by atoms with E-state index in [4.69, 9.17) is 0 Å². The predicted octanol–water partition coefficient (Wildman–Crippen LogP) is -1.99. The fourth-order valence-electron chi connectivity index (χ4n) is 0.147. The molecule has 58 valence electrons.